The molecule has 27 heavy (non-hydrogen) atoms. The first kappa shape index (κ1) is 18.8. The Labute approximate surface area is 158 Å². The van der Waals surface area contributed by atoms with E-state index in [0.717, 1.165) is 25.2 Å². The lowest BCUT2D eigenvalue weighted by atomic mass is 10.0. The molecular formula is C20H22N4O3. The van der Waals surface area contributed by atoms with Crippen LogP contribution in [0.2, 0.25) is 0 Å². The van der Waals surface area contributed by atoms with Crippen LogP contribution in [0, 0.1) is 28.4 Å². The number of nitro benzene ring substituents is 1. The molecule has 1 N–H and O–H groups in total. The topological polar surface area (TPSA) is 91.4 Å². The quantitative estimate of drug-likeness (QED) is 0.623. The minimum Gasteiger partial charge on any atom is -0.379 e. The predicted octanol–water partition coefficient (Wildman–Crippen LogP) is 3.26. The van der Waals surface area contributed by atoms with Gasteiger partial charge in [-0.15, -0.1) is 0 Å². The van der Waals surface area contributed by atoms with Gasteiger partial charge < -0.3 is 10.1 Å². The van der Waals surface area contributed by atoms with E-state index in [9.17, 15) is 15.4 Å². The molecule has 0 aromatic heterocycles. The van der Waals surface area contributed by atoms with Crippen LogP contribution in [0.1, 0.15) is 22.7 Å². The van der Waals surface area contributed by atoms with Crippen molar-refractivity contribution in [1.29, 1.82) is 5.26 Å². The summed E-state index contributed by atoms with van der Waals surface area (Å²) in [5.74, 6) is 0. The number of hydrogen-bond acceptors (Lipinski definition) is 6. The van der Waals surface area contributed by atoms with Gasteiger partial charge >= 0.3 is 0 Å². The molecule has 0 aliphatic carbocycles. The molecule has 1 heterocycles. The summed E-state index contributed by atoms with van der Waals surface area (Å²) in [5, 5.41) is 23.8. The molecule has 0 radical (unpaired) electrons. The van der Waals surface area contributed by atoms with Crippen LogP contribution in [0.3, 0.4) is 0 Å². The summed E-state index contributed by atoms with van der Waals surface area (Å²) < 4.78 is 5.42. The van der Waals surface area contributed by atoms with Crippen molar-refractivity contribution in [3.8, 4) is 6.07 Å². The van der Waals surface area contributed by atoms with Gasteiger partial charge in [0.2, 0.25) is 0 Å². The third-order valence-electron chi connectivity index (χ3n) is 4.69. The maximum Gasteiger partial charge on any atom is 0.270 e. The number of anilines is 1. The van der Waals surface area contributed by atoms with E-state index >= 15 is 0 Å². The van der Waals surface area contributed by atoms with Crippen molar-refractivity contribution in [2.45, 2.75) is 13.0 Å². The Balaban J connectivity index is 1.87. The highest BCUT2D eigenvalue weighted by Gasteiger charge is 2.20. The summed E-state index contributed by atoms with van der Waals surface area (Å²) in [6, 6.07) is 14.6. The fourth-order valence-corrected chi connectivity index (χ4v) is 3.13. The standard InChI is InChI=1S/C20H22N4O3/c1-15-2-4-16(5-3-15)20(14-23-8-10-27-11-9-23)22-19-7-6-18(24(25)26)12-17(19)13-21/h2-7,12,20,22H,8-11,14H2,1H3. The number of morpholine rings is 1. The van der Waals surface area contributed by atoms with Gasteiger partial charge in [0.15, 0.2) is 0 Å². The molecule has 0 spiro atoms. The molecule has 7 heteroatoms. The van der Waals surface area contributed by atoms with E-state index in [4.69, 9.17) is 4.74 Å². The minimum absolute atomic E-state index is 0.0442. The van der Waals surface area contributed by atoms with E-state index in [1.807, 2.05) is 6.92 Å². The first-order chi connectivity index (χ1) is 13.1. The van der Waals surface area contributed by atoms with E-state index in [-0.39, 0.29) is 17.3 Å². The monoisotopic (exact) mass is 366 g/mol. The SMILES string of the molecule is Cc1ccc(C(CN2CCOCC2)Nc2ccc([N+](=O)[O-])cc2C#N)cc1. The molecule has 1 saturated heterocycles. The van der Waals surface area contributed by atoms with Crippen molar-refractivity contribution < 1.29 is 9.66 Å². The van der Waals surface area contributed by atoms with E-state index in [1.165, 1.54) is 17.7 Å². The first-order valence-corrected chi connectivity index (χ1v) is 8.88. The molecule has 1 atom stereocenters. The molecule has 3 rings (SSSR count). The third-order valence-corrected chi connectivity index (χ3v) is 4.69. The van der Waals surface area contributed by atoms with Gasteiger partial charge in [0.05, 0.1) is 35.4 Å². The van der Waals surface area contributed by atoms with E-state index < -0.39 is 4.92 Å². The lowest BCUT2D eigenvalue weighted by molar-refractivity contribution is -0.384. The van der Waals surface area contributed by atoms with Gasteiger partial charge in [0, 0.05) is 31.8 Å². The number of benzene rings is 2. The predicted molar refractivity (Wildman–Crippen MR) is 103 cm³/mol. The second kappa shape index (κ2) is 8.62. The van der Waals surface area contributed by atoms with Crippen molar-refractivity contribution in [2.75, 3.05) is 38.2 Å². The number of rotatable bonds is 6. The van der Waals surface area contributed by atoms with Crippen molar-refractivity contribution in [2.24, 2.45) is 0 Å². The highest BCUT2D eigenvalue weighted by atomic mass is 16.6. The average molecular weight is 366 g/mol. The smallest absolute Gasteiger partial charge is 0.270 e. The van der Waals surface area contributed by atoms with Crippen LogP contribution in [-0.2, 0) is 4.74 Å². The maximum absolute atomic E-state index is 11.0. The number of nitrogens with zero attached hydrogens (tertiary/aromatic N) is 3. The second-order valence-corrected chi connectivity index (χ2v) is 6.62. The van der Waals surface area contributed by atoms with Crippen molar-refractivity contribution in [1.82, 2.24) is 4.90 Å². The number of nitro groups is 1. The van der Waals surface area contributed by atoms with Gasteiger partial charge in [-0.2, -0.15) is 5.26 Å². The summed E-state index contributed by atoms with van der Waals surface area (Å²) >= 11 is 0. The lowest BCUT2D eigenvalue weighted by Crippen LogP contribution is -2.40. The molecule has 140 valence electrons. The normalized spacial score (nSPS) is 15.7. The fourth-order valence-electron chi connectivity index (χ4n) is 3.13. The molecule has 0 saturated carbocycles. The van der Waals surface area contributed by atoms with Crippen LogP contribution in [0.4, 0.5) is 11.4 Å². The zero-order valence-electron chi connectivity index (χ0n) is 15.2. The van der Waals surface area contributed by atoms with Crippen molar-refractivity contribution in [3.63, 3.8) is 0 Å². The molecular weight excluding hydrogens is 344 g/mol. The van der Waals surface area contributed by atoms with Crippen LogP contribution in [0.25, 0.3) is 0 Å². The average Bonchev–Trinajstić information content (AvgIpc) is 2.69. The molecule has 1 aliphatic heterocycles. The second-order valence-electron chi connectivity index (χ2n) is 6.62. The van der Waals surface area contributed by atoms with Crippen LogP contribution in [-0.4, -0.2) is 42.7 Å². The number of non-ortho nitro benzene ring substituents is 1. The van der Waals surface area contributed by atoms with E-state index in [2.05, 4.69) is 40.6 Å². The summed E-state index contributed by atoms with van der Waals surface area (Å²) in [7, 11) is 0. The molecule has 0 bridgehead atoms. The maximum atomic E-state index is 11.0. The summed E-state index contributed by atoms with van der Waals surface area (Å²) in [4.78, 5) is 12.8. The number of ether oxygens (including phenoxy) is 1. The van der Waals surface area contributed by atoms with Gasteiger partial charge in [-0.25, -0.2) is 0 Å². The Morgan fingerprint density at radius 3 is 2.59 bits per heavy atom. The summed E-state index contributed by atoms with van der Waals surface area (Å²) in [6.07, 6.45) is 0. The Kier molecular flexibility index (Phi) is 6.01. The van der Waals surface area contributed by atoms with Crippen molar-refractivity contribution in [3.05, 3.63) is 69.3 Å². The number of hydrogen-bond donors (Lipinski definition) is 1. The Hall–Kier alpha value is -2.95. The molecule has 1 fully saturated rings. The minimum atomic E-state index is -0.490. The van der Waals surface area contributed by atoms with Crippen molar-refractivity contribution >= 4 is 11.4 Å². The largest absolute Gasteiger partial charge is 0.379 e. The summed E-state index contributed by atoms with van der Waals surface area (Å²) in [5.41, 5.74) is 3.06. The van der Waals surface area contributed by atoms with Crippen LogP contribution in [0.5, 0.6) is 0 Å². The first-order valence-electron chi connectivity index (χ1n) is 8.88. The lowest BCUT2D eigenvalue weighted by Gasteiger charge is -2.31. The molecule has 7 nitrogen and oxygen atoms in total. The van der Waals surface area contributed by atoms with E-state index in [0.29, 0.717) is 18.9 Å². The third kappa shape index (κ3) is 4.82. The highest BCUT2D eigenvalue weighted by molar-refractivity contribution is 5.62. The summed E-state index contributed by atoms with van der Waals surface area (Å²) in [6.45, 7) is 5.93. The molecule has 2 aromatic rings. The molecule has 0 amide bonds. The van der Waals surface area contributed by atoms with Gasteiger partial charge in [-0.3, -0.25) is 15.0 Å². The van der Waals surface area contributed by atoms with Gasteiger partial charge in [-0.1, -0.05) is 29.8 Å². The molecule has 1 unspecified atom stereocenters. The zero-order valence-corrected chi connectivity index (χ0v) is 15.2. The fraction of sp³-hybridized carbons (Fsp3) is 0.350. The Bertz CT molecular complexity index is 839. The molecule has 1 aliphatic rings. The van der Waals surface area contributed by atoms with Gasteiger partial charge in [0.25, 0.3) is 5.69 Å². The van der Waals surface area contributed by atoms with Crippen LogP contribution in [0.15, 0.2) is 42.5 Å². The van der Waals surface area contributed by atoms with Gasteiger partial charge in [0.1, 0.15) is 6.07 Å². The van der Waals surface area contributed by atoms with Crippen LogP contribution >= 0.6 is 0 Å². The number of nitrogens with one attached hydrogen (secondary N) is 1. The Morgan fingerprint density at radius 1 is 1.26 bits per heavy atom. The number of nitriles is 1. The van der Waals surface area contributed by atoms with Gasteiger partial charge in [-0.05, 0) is 18.6 Å². The zero-order chi connectivity index (χ0) is 19.2. The highest BCUT2D eigenvalue weighted by Crippen LogP contribution is 2.27. The van der Waals surface area contributed by atoms with E-state index in [1.54, 1.807) is 6.07 Å². The van der Waals surface area contributed by atoms with Crippen LogP contribution < -0.4 is 5.32 Å². The Morgan fingerprint density at radius 2 is 1.96 bits per heavy atom. The molecule has 2 aromatic carbocycles. The number of aryl methyl sites for hydroxylation is 1.